The second kappa shape index (κ2) is 4.52. The standard InChI is InChI=1S/C15H25NO2/c17-13(18)10-15(8-2-1-3-9-15)16-11-14(12-16)6-4-5-7-14/h1-12H2,(H,17,18). The van der Waals surface area contributed by atoms with Gasteiger partial charge in [-0.25, -0.2) is 0 Å². The number of likely N-dealkylation sites (tertiary alicyclic amines) is 1. The predicted octanol–water partition coefficient (Wildman–Crippen LogP) is 3.04. The molecule has 3 rings (SSSR count). The summed E-state index contributed by atoms with van der Waals surface area (Å²) in [6.45, 7) is 2.36. The summed E-state index contributed by atoms with van der Waals surface area (Å²) < 4.78 is 0. The number of carbonyl (C=O) groups is 1. The maximum atomic E-state index is 11.2. The van der Waals surface area contributed by atoms with E-state index in [-0.39, 0.29) is 5.54 Å². The molecule has 2 saturated carbocycles. The van der Waals surface area contributed by atoms with Crippen LogP contribution >= 0.6 is 0 Å². The molecule has 1 aliphatic heterocycles. The van der Waals surface area contributed by atoms with Crippen LogP contribution < -0.4 is 0 Å². The van der Waals surface area contributed by atoms with Crippen molar-refractivity contribution in [2.45, 2.75) is 69.7 Å². The van der Waals surface area contributed by atoms with Crippen LogP contribution in [0.4, 0.5) is 0 Å². The summed E-state index contributed by atoms with van der Waals surface area (Å²) in [5.41, 5.74) is 0.598. The van der Waals surface area contributed by atoms with E-state index in [0.717, 1.165) is 12.8 Å². The number of nitrogens with zero attached hydrogens (tertiary/aromatic N) is 1. The van der Waals surface area contributed by atoms with Crippen molar-refractivity contribution in [2.24, 2.45) is 5.41 Å². The van der Waals surface area contributed by atoms with Gasteiger partial charge in [0.15, 0.2) is 0 Å². The minimum atomic E-state index is -0.607. The van der Waals surface area contributed by atoms with Crippen molar-refractivity contribution >= 4 is 5.97 Å². The maximum absolute atomic E-state index is 11.2. The summed E-state index contributed by atoms with van der Waals surface area (Å²) >= 11 is 0. The molecule has 1 N–H and O–H groups in total. The molecule has 0 amide bonds. The Morgan fingerprint density at radius 1 is 0.944 bits per heavy atom. The highest BCUT2D eigenvalue weighted by molar-refractivity contribution is 5.68. The van der Waals surface area contributed by atoms with Gasteiger partial charge >= 0.3 is 5.97 Å². The number of aliphatic carboxylic acids is 1. The Balaban J connectivity index is 1.68. The summed E-state index contributed by atoms with van der Waals surface area (Å²) in [6.07, 6.45) is 11.8. The monoisotopic (exact) mass is 251 g/mol. The molecule has 0 bridgehead atoms. The van der Waals surface area contributed by atoms with E-state index in [1.54, 1.807) is 0 Å². The van der Waals surface area contributed by atoms with E-state index in [1.165, 1.54) is 58.0 Å². The lowest BCUT2D eigenvalue weighted by Gasteiger charge is -2.58. The van der Waals surface area contributed by atoms with Crippen molar-refractivity contribution in [3.8, 4) is 0 Å². The van der Waals surface area contributed by atoms with Crippen LogP contribution in [0.3, 0.4) is 0 Å². The van der Waals surface area contributed by atoms with Crippen LogP contribution in [0.25, 0.3) is 0 Å². The molecule has 18 heavy (non-hydrogen) atoms. The molecule has 3 heteroatoms. The van der Waals surface area contributed by atoms with Crippen molar-refractivity contribution in [3.63, 3.8) is 0 Å². The summed E-state index contributed by atoms with van der Waals surface area (Å²) in [7, 11) is 0. The molecule has 0 radical (unpaired) electrons. The lowest BCUT2D eigenvalue weighted by Crippen LogP contribution is -2.65. The third kappa shape index (κ3) is 2.07. The van der Waals surface area contributed by atoms with Crippen LogP contribution in [0.1, 0.15) is 64.2 Å². The molecule has 2 aliphatic carbocycles. The fourth-order valence-corrected chi connectivity index (χ4v) is 4.64. The first-order valence-electron chi connectivity index (χ1n) is 7.61. The molecule has 1 saturated heterocycles. The second-order valence-corrected chi connectivity index (χ2v) is 6.92. The predicted molar refractivity (Wildman–Crippen MR) is 70.5 cm³/mol. The fourth-order valence-electron chi connectivity index (χ4n) is 4.64. The largest absolute Gasteiger partial charge is 0.481 e. The lowest BCUT2D eigenvalue weighted by molar-refractivity contribution is -0.147. The molecular formula is C15H25NO2. The highest BCUT2D eigenvalue weighted by Crippen LogP contribution is 2.51. The Labute approximate surface area is 110 Å². The zero-order chi connectivity index (χ0) is 12.6. The summed E-state index contributed by atoms with van der Waals surface area (Å²) in [5.74, 6) is -0.607. The first kappa shape index (κ1) is 12.5. The fraction of sp³-hybridized carbons (Fsp3) is 0.933. The average Bonchev–Trinajstić information content (AvgIpc) is 2.76. The molecule has 1 spiro atoms. The summed E-state index contributed by atoms with van der Waals surface area (Å²) in [6, 6.07) is 0. The number of hydrogen-bond acceptors (Lipinski definition) is 2. The minimum absolute atomic E-state index is 0.0118. The first-order valence-corrected chi connectivity index (χ1v) is 7.61. The molecule has 0 atom stereocenters. The molecule has 3 nitrogen and oxygen atoms in total. The highest BCUT2D eigenvalue weighted by atomic mass is 16.4. The summed E-state index contributed by atoms with van der Waals surface area (Å²) in [5, 5.41) is 9.23. The molecule has 3 aliphatic rings. The molecule has 0 unspecified atom stereocenters. The highest BCUT2D eigenvalue weighted by Gasteiger charge is 2.52. The molecule has 0 aromatic rings. The van der Waals surface area contributed by atoms with Gasteiger partial charge in [0.05, 0.1) is 6.42 Å². The normalized spacial score (nSPS) is 30.2. The van der Waals surface area contributed by atoms with Gasteiger partial charge < -0.3 is 5.11 Å². The number of carboxylic acids is 1. The molecule has 0 aromatic carbocycles. The van der Waals surface area contributed by atoms with Crippen molar-refractivity contribution < 1.29 is 9.90 Å². The molecular weight excluding hydrogens is 226 g/mol. The van der Waals surface area contributed by atoms with Gasteiger partial charge in [0.1, 0.15) is 0 Å². The Hall–Kier alpha value is -0.570. The Morgan fingerprint density at radius 2 is 1.50 bits per heavy atom. The molecule has 1 heterocycles. The average molecular weight is 251 g/mol. The van der Waals surface area contributed by atoms with E-state index >= 15 is 0 Å². The van der Waals surface area contributed by atoms with Gasteiger partial charge in [-0.15, -0.1) is 0 Å². The minimum Gasteiger partial charge on any atom is -0.481 e. The quantitative estimate of drug-likeness (QED) is 0.838. The van der Waals surface area contributed by atoms with Gasteiger partial charge in [0.25, 0.3) is 0 Å². The van der Waals surface area contributed by atoms with E-state index in [9.17, 15) is 9.90 Å². The molecule has 3 fully saturated rings. The number of carboxylic acid groups (broad SMARTS) is 1. The van der Waals surface area contributed by atoms with Gasteiger partial charge in [-0.3, -0.25) is 9.69 Å². The zero-order valence-corrected chi connectivity index (χ0v) is 11.3. The Morgan fingerprint density at radius 3 is 2.06 bits per heavy atom. The van der Waals surface area contributed by atoms with Crippen LogP contribution in [-0.2, 0) is 4.79 Å². The van der Waals surface area contributed by atoms with E-state index in [1.807, 2.05) is 0 Å². The van der Waals surface area contributed by atoms with E-state index < -0.39 is 5.97 Å². The van der Waals surface area contributed by atoms with Crippen molar-refractivity contribution in [2.75, 3.05) is 13.1 Å². The third-order valence-corrected chi connectivity index (χ3v) is 5.65. The van der Waals surface area contributed by atoms with Crippen LogP contribution in [0.5, 0.6) is 0 Å². The molecule has 0 aromatic heterocycles. The van der Waals surface area contributed by atoms with Crippen LogP contribution in [-0.4, -0.2) is 34.6 Å². The van der Waals surface area contributed by atoms with Gasteiger partial charge in [-0.05, 0) is 31.1 Å². The van der Waals surface area contributed by atoms with Crippen molar-refractivity contribution in [1.82, 2.24) is 4.90 Å². The Bertz CT molecular complexity index is 319. The van der Waals surface area contributed by atoms with E-state index in [0.29, 0.717) is 11.8 Å². The third-order valence-electron chi connectivity index (χ3n) is 5.65. The van der Waals surface area contributed by atoms with Gasteiger partial charge in [-0.1, -0.05) is 32.1 Å². The van der Waals surface area contributed by atoms with Crippen LogP contribution in [0, 0.1) is 5.41 Å². The van der Waals surface area contributed by atoms with Gasteiger partial charge in [0.2, 0.25) is 0 Å². The van der Waals surface area contributed by atoms with Crippen molar-refractivity contribution in [1.29, 1.82) is 0 Å². The van der Waals surface area contributed by atoms with Crippen LogP contribution in [0.2, 0.25) is 0 Å². The SMILES string of the molecule is O=C(O)CC1(N2CC3(CCCC3)C2)CCCCC1. The number of hydrogen-bond donors (Lipinski definition) is 1. The van der Waals surface area contributed by atoms with Crippen molar-refractivity contribution in [3.05, 3.63) is 0 Å². The van der Waals surface area contributed by atoms with E-state index in [4.69, 9.17) is 0 Å². The summed E-state index contributed by atoms with van der Waals surface area (Å²) in [4.78, 5) is 13.7. The van der Waals surface area contributed by atoms with E-state index in [2.05, 4.69) is 4.90 Å². The maximum Gasteiger partial charge on any atom is 0.305 e. The van der Waals surface area contributed by atoms with Gasteiger partial charge in [0, 0.05) is 18.6 Å². The smallest absolute Gasteiger partial charge is 0.305 e. The lowest BCUT2D eigenvalue weighted by atomic mass is 9.70. The number of rotatable bonds is 3. The molecule has 102 valence electrons. The van der Waals surface area contributed by atoms with Gasteiger partial charge in [-0.2, -0.15) is 0 Å². The van der Waals surface area contributed by atoms with Crippen LogP contribution in [0.15, 0.2) is 0 Å². The Kier molecular flexibility index (Phi) is 3.13. The first-order chi connectivity index (χ1) is 8.64. The zero-order valence-electron chi connectivity index (χ0n) is 11.3. The topological polar surface area (TPSA) is 40.5 Å². The second-order valence-electron chi connectivity index (χ2n) is 6.92.